The highest BCUT2D eigenvalue weighted by molar-refractivity contribution is 7.17. The molecule has 1 heterocycles. The Bertz CT molecular complexity index is 992. The van der Waals surface area contributed by atoms with E-state index in [2.05, 4.69) is 5.32 Å². The number of anilines is 1. The zero-order valence-corrected chi connectivity index (χ0v) is 17.0. The van der Waals surface area contributed by atoms with Gasteiger partial charge in [0, 0.05) is 4.88 Å². The van der Waals surface area contributed by atoms with Crippen LogP contribution in [-0.4, -0.2) is 18.5 Å². The predicted molar refractivity (Wildman–Crippen MR) is 100 cm³/mol. The van der Waals surface area contributed by atoms with Crippen LogP contribution in [0.1, 0.15) is 57.8 Å². The van der Waals surface area contributed by atoms with Crippen LogP contribution in [-0.2, 0) is 17.6 Å². The van der Waals surface area contributed by atoms with Gasteiger partial charge in [0.1, 0.15) is 10.6 Å². The monoisotopic (exact) mass is 447 g/mol. The number of nitrogens with one attached hydrogen (secondary N) is 1. The Morgan fingerprint density at radius 1 is 1.03 bits per heavy atom. The van der Waals surface area contributed by atoms with Crippen molar-refractivity contribution in [1.29, 1.82) is 0 Å². The predicted octanol–water partition coefficient (Wildman–Crippen LogP) is 5.39. The van der Waals surface area contributed by atoms with Crippen molar-refractivity contribution in [2.45, 2.75) is 39.5 Å². The van der Waals surface area contributed by atoms with Crippen molar-refractivity contribution in [3.63, 3.8) is 0 Å². The Kier molecular flexibility index (Phi) is 6.44. The summed E-state index contributed by atoms with van der Waals surface area (Å²) in [7, 11) is 0. The summed E-state index contributed by atoms with van der Waals surface area (Å²) in [4.78, 5) is 25.8. The van der Waals surface area contributed by atoms with Crippen molar-refractivity contribution in [3.05, 3.63) is 50.7 Å². The van der Waals surface area contributed by atoms with Gasteiger partial charge in [-0.3, -0.25) is 4.79 Å². The second-order valence-corrected chi connectivity index (χ2v) is 8.20. The molecule has 1 unspecified atom stereocenters. The zero-order chi connectivity index (χ0) is 22.2. The van der Waals surface area contributed by atoms with Crippen LogP contribution in [0.5, 0.6) is 0 Å². The minimum Gasteiger partial charge on any atom is -0.462 e. The van der Waals surface area contributed by atoms with Crippen molar-refractivity contribution in [3.8, 4) is 0 Å². The Labute approximate surface area is 173 Å². The number of benzene rings is 1. The van der Waals surface area contributed by atoms with Crippen LogP contribution in [0.2, 0.25) is 0 Å². The summed E-state index contributed by atoms with van der Waals surface area (Å²) in [6.07, 6.45) is 2.53. The normalized spacial score (nSPS) is 15.6. The minimum absolute atomic E-state index is 0.0378. The van der Waals surface area contributed by atoms with Crippen molar-refractivity contribution in [2.75, 3.05) is 11.9 Å². The van der Waals surface area contributed by atoms with Gasteiger partial charge in [-0.1, -0.05) is 13.8 Å². The maximum atomic E-state index is 14.0. The van der Waals surface area contributed by atoms with Gasteiger partial charge < -0.3 is 10.1 Å². The lowest BCUT2D eigenvalue weighted by Crippen LogP contribution is -2.20. The summed E-state index contributed by atoms with van der Waals surface area (Å²) in [5.41, 5.74) is -0.876. The topological polar surface area (TPSA) is 55.4 Å². The molecular formula is C20H18F5NO3S. The number of rotatable bonds is 5. The van der Waals surface area contributed by atoms with Crippen molar-refractivity contribution < 1.29 is 36.3 Å². The van der Waals surface area contributed by atoms with Crippen molar-refractivity contribution in [1.82, 2.24) is 0 Å². The van der Waals surface area contributed by atoms with E-state index in [1.165, 1.54) is 0 Å². The number of thiophene rings is 1. The molecule has 4 nitrogen and oxygen atoms in total. The van der Waals surface area contributed by atoms with Crippen LogP contribution in [0.3, 0.4) is 0 Å². The van der Waals surface area contributed by atoms with Gasteiger partial charge >= 0.3 is 5.97 Å². The fourth-order valence-corrected chi connectivity index (χ4v) is 4.69. The van der Waals surface area contributed by atoms with Gasteiger partial charge in [0.2, 0.25) is 5.82 Å². The molecule has 0 bridgehead atoms. The number of carbonyl (C=O) groups is 2. The van der Waals surface area contributed by atoms with Crippen LogP contribution in [0.4, 0.5) is 27.0 Å². The van der Waals surface area contributed by atoms with E-state index in [0.717, 1.165) is 22.6 Å². The maximum Gasteiger partial charge on any atom is 0.341 e. The highest BCUT2D eigenvalue weighted by atomic mass is 32.1. The molecule has 3 rings (SSSR count). The molecule has 10 heteroatoms. The Morgan fingerprint density at radius 3 is 2.23 bits per heavy atom. The highest BCUT2D eigenvalue weighted by Crippen LogP contribution is 2.40. The number of amides is 1. The molecule has 1 atom stereocenters. The molecule has 162 valence electrons. The average molecular weight is 447 g/mol. The molecule has 30 heavy (non-hydrogen) atoms. The van der Waals surface area contributed by atoms with E-state index in [1.54, 1.807) is 6.92 Å². The van der Waals surface area contributed by atoms with Gasteiger partial charge in [0.25, 0.3) is 5.91 Å². The van der Waals surface area contributed by atoms with Gasteiger partial charge in [-0.15, -0.1) is 11.3 Å². The van der Waals surface area contributed by atoms with Crippen molar-refractivity contribution >= 4 is 28.2 Å². The molecule has 0 radical (unpaired) electrons. The van der Waals surface area contributed by atoms with Gasteiger partial charge in [-0.2, -0.15) is 0 Å². The molecule has 1 aliphatic rings. The first-order valence-corrected chi connectivity index (χ1v) is 10.1. The van der Waals surface area contributed by atoms with Crippen LogP contribution in [0, 0.1) is 35.0 Å². The molecule has 1 aromatic heterocycles. The average Bonchev–Trinajstić information content (AvgIpc) is 3.05. The third-order valence-corrected chi connectivity index (χ3v) is 5.99. The number of hydrogen-bond donors (Lipinski definition) is 1. The van der Waals surface area contributed by atoms with E-state index in [9.17, 15) is 31.5 Å². The number of ether oxygens (including phenoxy) is 1. The first kappa shape index (κ1) is 22.2. The lowest BCUT2D eigenvalue weighted by molar-refractivity contribution is 0.0505. The van der Waals surface area contributed by atoms with Crippen LogP contribution < -0.4 is 5.32 Å². The molecule has 0 spiro atoms. The lowest BCUT2D eigenvalue weighted by Gasteiger charge is -2.18. The summed E-state index contributed by atoms with van der Waals surface area (Å²) in [5.74, 6) is -13.2. The largest absolute Gasteiger partial charge is 0.462 e. The summed E-state index contributed by atoms with van der Waals surface area (Å²) < 4.78 is 73.3. The summed E-state index contributed by atoms with van der Waals surface area (Å²) in [6.45, 7) is 3.94. The molecule has 1 N–H and O–H groups in total. The van der Waals surface area contributed by atoms with E-state index >= 15 is 0 Å². The second-order valence-electron chi connectivity index (χ2n) is 7.09. The van der Waals surface area contributed by atoms with E-state index in [1.807, 2.05) is 6.92 Å². The number of fused-ring (bicyclic) bond motifs is 1. The molecule has 2 aromatic rings. The molecule has 0 fully saturated rings. The summed E-state index contributed by atoms with van der Waals surface area (Å²) in [5, 5.41) is 2.12. The first-order chi connectivity index (χ1) is 14.2. The van der Waals surface area contributed by atoms with E-state index < -0.39 is 46.5 Å². The highest BCUT2D eigenvalue weighted by Gasteiger charge is 2.33. The van der Waals surface area contributed by atoms with Gasteiger partial charge in [-0.05, 0) is 37.2 Å². The fourth-order valence-electron chi connectivity index (χ4n) is 3.29. The molecule has 0 saturated heterocycles. The fraction of sp³-hybridized carbons (Fsp3) is 0.400. The molecule has 1 amide bonds. The van der Waals surface area contributed by atoms with Crippen LogP contribution in [0.25, 0.3) is 0 Å². The minimum atomic E-state index is -2.36. The third kappa shape index (κ3) is 3.92. The van der Waals surface area contributed by atoms with E-state index in [4.69, 9.17) is 4.74 Å². The summed E-state index contributed by atoms with van der Waals surface area (Å²) in [6, 6.07) is 0. The first-order valence-electron chi connectivity index (χ1n) is 9.31. The molecule has 0 aliphatic heterocycles. The molecule has 0 saturated carbocycles. The Morgan fingerprint density at radius 2 is 1.63 bits per heavy atom. The SMILES string of the molecule is CCCOC(=O)c1c(NC(=O)c2c(F)c(F)c(F)c(F)c2F)sc2c1CCC(C)C2. The number of hydrogen-bond acceptors (Lipinski definition) is 4. The zero-order valence-electron chi connectivity index (χ0n) is 16.1. The van der Waals surface area contributed by atoms with Gasteiger partial charge in [0.05, 0.1) is 12.2 Å². The molecular weight excluding hydrogens is 429 g/mol. The molecule has 1 aromatic carbocycles. The Balaban J connectivity index is 2.03. The van der Waals surface area contributed by atoms with Crippen molar-refractivity contribution in [2.24, 2.45) is 5.92 Å². The quantitative estimate of drug-likeness (QED) is 0.290. The second kappa shape index (κ2) is 8.71. The Hall–Kier alpha value is -2.49. The van der Waals surface area contributed by atoms with Crippen LogP contribution in [0.15, 0.2) is 0 Å². The maximum absolute atomic E-state index is 14.0. The van der Waals surface area contributed by atoms with E-state index in [-0.39, 0.29) is 17.2 Å². The van der Waals surface area contributed by atoms with E-state index in [0.29, 0.717) is 30.7 Å². The molecule has 1 aliphatic carbocycles. The standard InChI is InChI=1S/C20H18F5NO3S/c1-3-6-29-20(28)11-9-5-4-8(2)7-10(9)30-19(11)26-18(27)12-13(21)15(23)17(25)16(24)14(12)22/h8H,3-7H2,1-2H3,(H,26,27). The number of esters is 1. The third-order valence-electron chi connectivity index (χ3n) is 4.82. The summed E-state index contributed by atoms with van der Waals surface area (Å²) >= 11 is 1.03. The van der Waals surface area contributed by atoms with Crippen LogP contribution >= 0.6 is 11.3 Å². The number of halogens is 5. The number of carbonyl (C=O) groups excluding carboxylic acids is 2. The lowest BCUT2D eigenvalue weighted by atomic mass is 9.88. The van der Waals surface area contributed by atoms with Gasteiger partial charge in [0.15, 0.2) is 23.3 Å². The van der Waals surface area contributed by atoms with Gasteiger partial charge in [-0.25, -0.2) is 26.7 Å². The smallest absolute Gasteiger partial charge is 0.341 e.